The number of rotatable bonds is 6. The zero-order valence-electron chi connectivity index (χ0n) is 20.0. The lowest BCUT2D eigenvalue weighted by Gasteiger charge is -2.24. The molecule has 11 heteroatoms. The highest BCUT2D eigenvalue weighted by Crippen LogP contribution is 2.34. The fraction of sp³-hybridized carbons (Fsp3) is 0.400. The van der Waals surface area contributed by atoms with E-state index in [4.69, 9.17) is 0 Å². The van der Waals surface area contributed by atoms with Gasteiger partial charge in [-0.3, -0.25) is 9.20 Å². The summed E-state index contributed by atoms with van der Waals surface area (Å²) in [5.41, 5.74) is 3.76. The molecule has 1 aliphatic rings. The molecule has 1 aliphatic heterocycles. The van der Waals surface area contributed by atoms with Crippen molar-refractivity contribution >= 4 is 11.7 Å². The van der Waals surface area contributed by atoms with Gasteiger partial charge in [0.15, 0.2) is 5.82 Å². The molecule has 0 saturated carbocycles. The molecule has 5 rings (SSSR count). The Kier molecular flexibility index (Phi) is 6.23. The van der Waals surface area contributed by atoms with Gasteiger partial charge in [0.25, 0.3) is 5.91 Å². The van der Waals surface area contributed by atoms with E-state index in [-0.39, 0.29) is 25.3 Å². The lowest BCUT2D eigenvalue weighted by Crippen LogP contribution is -2.31. The van der Waals surface area contributed by atoms with Crippen LogP contribution in [-0.2, 0) is 32.4 Å². The second-order valence-electron chi connectivity index (χ2n) is 8.93. The molecule has 3 aromatic heterocycles. The number of benzene rings is 1. The third-order valence-corrected chi connectivity index (χ3v) is 6.56. The van der Waals surface area contributed by atoms with Crippen LogP contribution in [0.15, 0.2) is 36.7 Å². The molecule has 0 saturated heterocycles. The van der Waals surface area contributed by atoms with E-state index >= 15 is 0 Å². The summed E-state index contributed by atoms with van der Waals surface area (Å²) in [6.45, 7) is 4.48. The maximum absolute atomic E-state index is 13.1. The summed E-state index contributed by atoms with van der Waals surface area (Å²) in [7, 11) is 0. The Hall–Kier alpha value is -3.76. The molecule has 8 nitrogen and oxygen atoms in total. The average molecular weight is 498 g/mol. The first-order valence-electron chi connectivity index (χ1n) is 12.0. The molecule has 1 atom stereocenters. The van der Waals surface area contributed by atoms with Gasteiger partial charge in [0, 0.05) is 37.5 Å². The zero-order valence-corrected chi connectivity index (χ0v) is 20.0. The van der Waals surface area contributed by atoms with E-state index in [2.05, 4.69) is 25.4 Å². The first-order chi connectivity index (χ1) is 17.3. The highest BCUT2D eigenvalue weighted by molar-refractivity contribution is 5.94. The topological polar surface area (TPSA) is 90.0 Å². The van der Waals surface area contributed by atoms with Gasteiger partial charge in [-0.1, -0.05) is 38.1 Å². The number of alkyl halides is 3. The van der Waals surface area contributed by atoms with Crippen LogP contribution < -0.4 is 5.32 Å². The van der Waals surface area contributed by atoms with Crippen molar-refractivity contribution in [1.82, 2.24) is 34.4 Å². The number of carbonyl (C=O) groups excluding carboxylic acids is 1. The van der Waals surface area contributed by atoms with Crippen molar-refractivity contribution in [3.8, 4) is 11.4 Å². The number of aryl methyl sites for hydroxylation is 3. The molecule has 0 bridgehead atoms. The first-order valence-corrected chi connectivity index (χ1v) is 12.0. The Morgan fingerprint density at radius 3 is 2.58 bits per heavy atom. The summed E-state index contributed by atoms with van der Waals surface area (Å²) in [6, 6.07) is 7.32. The van der Waals surface area contributed by atoms with Crippen molar-refractivity contribution in [3.63, 3.8) is 0 Å². The van der Waals surface area contributed by atoms with Crippen molar-refractivity contribution in [1.29, 1.82) is 0 Å². The number of amides is 1. The van der Waals surface area contributed by atoms with E-state index < -0.39 is 12.1 Å². The predicted octanol–water partition coefficient (Wildman–Crippen LogP) is 4.17. The third kappa shape index (κ3) is 4.57. The number of aromatic nitrogens is 6. The normalized spacial score (nSPS) is 15.8. The molecule has 0 spiro atoms. The van der Waals surface area contributed by atoms with Gasteiger partial charge in [0.1, 0.15) is 11.5 Å². The second kappa shape index (κ2) is 9.36. The molecule has 188 valence electrons. The zero-order chi connectivity index (χ0) is 25.4. The molecule has 0 radical (unpaired) electrons. The van der Waals surface area contributed by atoms with Gasteiger partial charge in [-0.2, -0.15) is 18.3 Å². The monoisotopic (exact) mass is 497 g/mol. The molecular formula is C25H26F3N7O. The number of hydrogen-bond acceptors (Lipinski definition) is 5. The maximum atomic E-state index is 13.1. The minimum absolute atomic E-state index is 0.0139. The van der Waals surface area contributed by atoms with Crippen LogP contribution in [0.5, 0.6) is 0 Å². The van der Waals surface area contributed by atoms with Crippen molar-refractivity contribution in [2.24, 2.45) is 5.92 Å². The third-order valence-electron chi connectivity index (χ3n) is 6.56. The minimum Gasteiger partial charge on any atom is -0.347 e. The van der Waals surface area contributed by atoms with Crippen molar-refractivity contribution < 1.29 is 18.0 Å². The summed E-state index contributed by atoms with van der Waals surface area (Å²) in [5.74, 6) is -0.355. The molecule has 1 N–H and O–H groups in total. The van der Waals surface area contributed by atoms with Gasteiger partial charge < -0.3 is 5.32 Å². The Bertz CT molecular complexity index is 1410. The number of nitrogens with zero attached hydrogens (tertiary/aromatic N) is 6. The highest BCUT2D eigenvalue weighted by atomic mass is 19.4. The van der Waals surface area contributed by atoms with Gasteiger partial charge >= 0.3 is 6.18 Å². The fourth-order valence-corrected chi connectivity index (χ4v) is 4.43. The van der Waals surface area contributed by atoms with E-state index in [0.29, 0.717) is 47.3 Å². The second-order valence-corrected chi connectivity index (χ2v) is 8.93. The summed E-state index contributed by atoms with van der Waals surface area (Å²) < 4.78 is 42.6. The van der Waals surface area contributed by atoms with Gasteiger partial charge in [-0.05, 0) is 30.4 Å². The van der Waals surface area contributed by atoms with E-state index in [1.807, 2.05) is 44.3 Å². The van der Waals surface area contributed by atoms with E-state index in [1.165, 1.54) is 0 Å². The number of imidazole rings is 1. The maximum Gasteiger partial charge on any atom is 0.392 e. The van der Waals surface area contributed by atoms with Crippen LogP contribution in [0.1, 0.15) is 53.4 Å². The molecular weight excluding hydrogens is 471 g/mol. The Labute approximate surface area is 205 Å². The SMILES string of the molecule is CCc1cnc2nc(CC)c(C(=O)NCc3ccc(-c4nc5n(n4)CCC(C(F)(F)F)C5)cc3)n2c1. The Balaban J connectivity index is 1.28. The summed E-state index contributed by atoms with van der Waals surface area (Å²) in [5, 5.41) is 7.34. The van der Waals surface area contributed by atoms with Crippen LogP contribution in [0.4, 0.5) is 13.2 Å². The number of fused-ring (bicyclic) bond motifs is 2. The number of carbonyl (C=O) groups is 1. The van der Waals surface area contributed by atoms with Gasteiger partial charge in [0.05, 0.1) is 11.6 Å². The fourth-order valence-electron chi connectivity index (χ4n) is 4.43. The minimum atomic E-state index is -4.22. The van der Waals surface area contributed by atoms with Crippen molar-refractivity contribution in [2.75, 3.05) is 0 Å². The smallest absolute Gasteiger partial charge is 0.347 e. The van der Waals surface area contributed by atoms with E-state index in [9.17, 15) is 18.0 Å². The largest absolute Gasteiger partial charge is 0.392 e. The lowest BCUT2D eigenvalue weighted by molar-refractivity contribution is -0.179. The summed E-state index contributed by atoms with van der Waals surface area (Å²) in [6.07, 6.45) is 0.705. The van der Waals surface area contributed by atoms with Crippen LogP contribution in [0, 0.1) is 5.92 Å². The molecule has 36 heavy (non-hydrogen) atoms. The summed E-state index contributed by atoms with van der Waals surface area (Å²) in [4.78, 5) is 26.3. The van der Waals surface area contributed by atoms with Crippen molar-refractivity contribution in [3.05, 3.63) is 65.0 Å². The van der Waals surface area contributed by atoms with Crippen LogP contribution >= 0.6 is 0 Å². The molecule has 1 amide bonds. The number of hydrogen-bond donors (Lipinski definition) is 1. The van der Waals surface area contributed by atoms with Gasteiger partial charge in [-0.15, -0.1) is 0 Å². The molecule has 4 heterocycles. The average Bonchev–Trinajstić information content (AvgIpc) is 3.47. The van der Waals surface area contributed by atoms with Crippen LogP contribution in [0.25, 0.3) is 17.2 Å². The molecule has 4 aromatic rings. The highest BCUT2D eigenvalue weighted by Gasteiger charge is 2.42. The summed E-state index contributed by atoms with van der Waals surface area (Å²) >= 11 is 0. The quantitative estimate of drug-likeness (QED) is 0.432. The van der Waals surface area contributed by atoms with Gasteiger partial charge in [-0.25, -0.2) is 19.6 Å². The van der Waals surface area contributed by atoms with Crippen LogP contribution in [0.2, 0.25) is 0 Å². The molecule has 1 unspecified atom stereocenters. The van der Waals surface area contributed by atoms with Crippen LogP contribution in [0.3, 0.4) is 0 Å². The number of halogens is 3. The molecule has 0 aliphatic carbocycles. The Morgan fingerprint density at radius 1 is 1.11 bits per heavy atom. The number of nitrogens with one attached hydrogen (secondary N) is 1. The van der Waals surface area contributed by atoms with Gasteiger partial charge in [0.2, 0.25) is 5.78 Å². The van der Waals surface area contributed by atoms with E-state index in [1.54, 1.807) is 15.3 Å². The van der Waals surface area contributed by atoms with E-state index in [0.717, 1.165) is 17.5 Å². The standard InChI is InChI=1S/C25H26F3N7O/c1-3-15-12-30-24-31-19(4-2)21(34(24)14-15)23(36)29-13-16-5-7-17(8-6-16)22-32-20-11-18(25(26,27)28)9-10-35(20)33-22/h5-8,12,14,18H,3-4,9-11,13H2,1-2H3,(H,29,36). The van der Waals surface area contributed by atoms with Crippen LogP contribution in [-0.4, -0.2) is 41.2 Å². The first kappa shape index (κ1) is 24.0. The molecule has 1 aromatic carbocycles. The predicted molar refractivity (Wildman–Crippen MR) is 126 cm³/mol. The lowest BCUT2D eigenvalue weighted by atomic mass is 9.98. The van der Waals surface area contributed by atoms with Crippen molar-refractivity contribution in [2.45, 2.75) is 58.8 Å². The Morgan fingerprint density at radius 2 is 1.89 bits per heavy atom. The molecule has 0 fully saturated rings.